The highest BCUT2D eigenvalue weighted by molar-refractivity contribution is 5.30. The van der Waals surface area contributed by atoms with Crippen LogP contribution in [0.25, 0.3) is 0 Å². The number of anilines is 1. The molecule has 1 unspecified atom stereocenters. The Labute approximate surface area is 113 Å². The van der Waals surface area contributed by atoms with Gasteiger partial charge >= 0.3 is 0 Å². The topological polar surface area (TPSA) is 56.1 Å². The summed E-state index contributed by atoms with van der Waals surface area (Å²) in [6.07, 6.45) is 6.68. The molecule has 0 saturated carbocycles. The quantitative estimate of drug-likeness (QED) is 0.799. The molecule has 2 atom stereocenters. The van der Waals surface area contributed by atoms with E-state index in [0.29, 0.717) is 18.4 Å². The zero-order chi connectivity index (χ0) is 13.1. The van der Waals surface area contributed by atoms with Crippen LogP contribution in [0.5, 0.6) is 0 Å². The third-order valence-corrected chi connectivity index (χ3v) is 4.22. The number of rotatable bonds is 2. The molecule has 3 rings (SSSR count). The van der Waals surface area contributed by atoms with Crippen LogP contribution >= 0.6 is 0 Å². The summed E-state index contributed by atoms with van der Waals surface area (Å²) >= 11 is 0. The second-order valence-corrected chi connectivity index (χ2v) is 5.45. The van der Waals surface area contributed by atoms with Crippen molar-refractivity contribution in [3.8, 4) is 6.07 Å². The van der Waals surface area contributed by atoms with Crippen LogP contribution in [0.2, 0.25) is 0 Å². The number of fused-ring (bicyclic) bond motifs is 1. The zero-order valence-electron chi connectivity index (χ0n) is 11.1. The lowest BCUT2D eigenvalue weighted by Crippen LogP contribution is -2.56. The first-order chi connectivity index (χ1) is 9.36. The Morgan fingerprint density at radius 2 is 2.05 bits per heavy atom. The third-order valence-electron chi connectivity index (χ3n) is 4.22. The maximum Gasteiger partial charge on any atom is 0.225 e. The van der Waals surface area contributed by atoms with Gasteiger partial charge in [-0.05, 0) is 24.8 Å². The average molecular weight is 257 g/mol. The van der Waals surface area contributed by atoms with Gasteiger partial charge in [0.05, 0.1) is 6.07 Å². The third kappa shape index (κ3) is 2.69. The summed E-state index contributed by atoms with van der Waals surface area (Å²) in [5.74, 6) is 1.42. The van der Waals surface area contributed by atoms with E-state index in [9.17, 15) is 0 Å². The van der Waals surface area contributed by atoms with Crippen LogP contribution in [0.4, 0.5) is 5.95 Å². The smallest absolute Gasteiger partial charge is 0.225 e. The van der Waals surface area contributed by atoms with Crippen LogP contribution in [0.1, 0.15) is 19.3 Å². The van der Waals surface area contributed by atoms with Crippen LogP contribution in [0.15, 0.2) is 18.5 Å². The Bertz CT molecular complexity index is 455. The molecular formula is C14H19N5. The average Bonchev–Trinajstić information content (AvgIpc) is 2.48. The highest BCUT2D eigenvalue weighted by atomic mass is 15.3. The summed E-state index contributed by atoms with van der Waals surface area (Å²) in [7, 11) is 0. The van der Waals surface area contributed by atoms with Gasteiger partial charge in [0, 0.05) is 51.0 Å². The number of piperazine rings is 1. The van der Waals surface area contributed by atoms with Gasteiger partial charge in [0.2, 0.25) is 5.95 Å². The van der Waals surface area contributed by atoms with E-state index < -0.39 is 0 Å². The second kappa shape index (κ2) is 5.54. The lowest BCUT2D eigenvalue weighted by atomic mass is 9.89. The number of hydrogen-bond donors (Lipinski definition) is 0. The summed E-state index contributed by atoms with van der Waals surface area (Å²) in [6, 6.07) is 4.77. The van der Waals surface area contributed by atoms with Crippen LogP contribution in [-0.4, -0.2) is 47.1 Å². The Hall–Kier alpha value is -1.67. The van der Waals surface area contributed by atoms with E-state index in [2.05, 4.69) is 25.8 Å². The van der Waals surface area contributed by atoms with E-state index >= 15 is 0 Å². The predicted octanol–water partition coefficient (Wildman–Crippen LogP) is 1.29. The lowest BCUT2D eigenvalue weighted by molar-refractivity contribution is 0.0966. The van der Waals surface area contributed by atoms with Gasteiger partial charge in [-0.3, -0.25) is 4.90 Å². The molecule has 1 aromatic rings. The van der Waals surface area contributed by atoms with Gasteiger partial charge in [-0.15, -0.1) is 0 Å². The minimum atomic E-state index is 0.570. The van der Waals surface area contributed by atoms with E-state index in [4.69, 9.17) is 5.26 Å². The number of piperidine rings is 1. The largest absolute Gasteiger partial charge is 0.338 e. The standard InChI is InChI=1S/C14H19N5/c15-5-4-12-2-3-13-11-19(9-8-18(13)10-12)14-16-6-1-7-17-14/h1,6-7,12-13H,2-4,8-11H2/t12-,13?/m0/s1. The summed E-state index contributed by atoms with van der Waals surface area (Å²) in [5, 5.41) is 8.81. The summed E-state index contributed by atoms with van der Waals surface area (Å²) in [5.41, 5.74) is 0. The molecule has 19 heavy (non-hydrogen) atoms. The van der Waals surface area contributed by atoms with Crippen LogP contribution < -0.4 is 4.90 Å². The van der Waals surface area contributed by atoms with Crippen molar-refractivity contribution in [2.45, 2.75) is 25.3 Å². The van der Waals surface area contributed by atoms with Crippen LogP contribution in [0.3, 0.4) is 0 Å². The maximum atomic E-state index is 8.81. The Kier molecular flexibility index (Phi) is 3.60. The van der Waals surface area contributed by atoms with E-state index in [-0.39, 0.29) is 0 Å². The summed E-state index contributed by atoms with van der Waals surface area (Å²) in [6.45, 7) is 4.15. The molecule has 2 aliphatic rings. The molecule has 5 heteroatoms. The minimum Gasteiger partial charge on any atom is -0.338 e. The van der Waals surface area contributed by atoms with E-state index in [1.807, 2.05) is 6.07 Å². The molecule has 0 aliphatic carbocycles. The van der Waals surface area contributed by atoms with Crippen molar-refractivity contribution in [2.75, 3.05) is 31.1 Å². The highest BCUT2D eigenvalue weighted by Crippen LogP contribution is 2.27. The molecule has 2 fully saturated rings. The van der Waals surface area contributed by atoms with Gasteiger partial charge in [0.1, 0.15) is 0 Å². The highest BCUT2D eigenvalue weighted by Gasteiger charge is 2.33. The van der Waals surface area contributed by atoms with Crippen molar-refractivity contribution in [1.82, 2.24) is 14.9 Å². The molecular weight excluding hydrogens is 238 g/mol. The molecule has 100 valence electrons. The first kappa shape index (κ1) is 12.4. The summed E-state index contributed by atoms with van der Waals surface area (Å²) < 4.78 is 0. The normalized spacial score (nSPS) is 27.6. The number of nitrogens with zero attached hydrogens (tertiary/aromatic N) is 5. The molecule has 0 aromatic carbocycles. The fourth-order valence-electron chi connectivity index (χ4n) is 3.19. The first-order valence-corrected chi connectivity index (χ1v) is 7.00. The molecule has 0 N–H and O–H groups in total. The van der Waals surface area contributed by atoms with E-state index in [1.54, 1.807) is 12.4 Å². The minimum absolute atomic E-state index is 0.570. The molecule has 2 aliphatic heterocycles. The molecule has 0 bridgehead atoms. The van der Waals surface area contributed by atoms with Gasteiger partial charge in [-0.25, -0.2) is 9.97 Å². The second-order valence-electron chi connectivity index (χ2n) is 5.45. The van der Waals surface area contributed by atoms with Gasteiger partial charge < -0.3 is 4.90 Å². The van der Waals surface area contributed by atoms with Crippen LogP contribution in [-0.2, 0) is 0 Å². The molecule has 0 amide bonds. The Morgan fingerprint density at radius 3 is 2.84 bits per heavy atom. The predicted molar refractivity (Wildman–Crippen MR) is 72.6 cm³/mol. The SMILES string of the molecule is N#CC[C@@H]1CCC2CN(c3ncccn3)CCN2C1. The van der Waals surface area contributed by atoms with Crippen molar-refractivity contribution in [1.29, 1.82) is 5.26 Å². The maximum absolute atomic E-state index is 8.81. The molecule has 5 nitrogen and oxygen atoms in total. The number of nitriles is 1. The van der Waals surface area contributed by atoms with Gasteiger partial charge in [-0.2, -0.15) is 5.26 Å². The van der Waals surface area contributed by atoms with Crippen molar-refractivity contribution in [3.63, 3.8) is 0 Å². The number of hydrogen-bond acceptors (Lipinski definition) is 5. The zero-order valence-corrected chi connectivity index (χ0v) is 11.1. The lowest BCUT2D eigenvalue weighted by Gasteiger charge is -2.46. The monoisotopic (exact) mass is 257 g/mol. The molecule has 2 saturated heterocycles. The van der Waals surface area contributed by atoms with E-state index in [0.717, 1.165) is 32.1 Å². The fourth-order valence-corrected chi connectivity index (χ4v) is 3.19. The molecule has 0 radical (unpaired) electrons. The van der Waals surface area contributed by atoms with Gasteiger partial charge in [0.25, 0.3) is 0 Å². The summed E-state index contributed by atoms with van der Waals surface area (Å²) in [4.78, 5) is 13.5. The molecule has 1 aromatic heterocycles. The van der Waals surface area contributed by atoms with E-state index in [1.165, 1.54) is 12.8 Å². The van der Waals surface area contributed by atoms with Crippen molar-refractivity contribution in [2.24, 2.45) is 5.92 Å². The van der Waals surface area contributed by atoms with Crippen molar-refractivity contribution in [3.05, 3.63) is 18.5 Å². The number of aromatic nitrogens is 2. The van der Waals surface area contributed by atoms with Gasteiger partial charge in [-0.1, -0.05) is 0 Å². The van der Waals surface area contributed by atoms with Crippen LogP contribution in [0, 0.1) is 17.2 Å². The van der Waals surface area contributed by atoms with Crippen molar-refractivity contribution < 1.29 is 0 Å². The Balaban J connectivity index is 1.62. The fraction of sp³-hybridized carbons (Fsp3) is 0.643. The first-order valence-electron chi connectivity index (χ1n) is 7.00. The molecule has 0 spiro atoms. The molecule has 3 heterocycles. The Morgan fingerprint density at radius 1 is 1.21 bits per heavy atom. The van der Waals surface area contributed by atoms with Crippen molar-refractivity contribution >= 4 is 5.95 Å². The van der Waals surface area contributed by atoms with Gasteiger partial charge in [0.15, 0.2) is 0 Å².